The molecule has 1 heterocycles. The number of hydrogen-bond acceptors (Lipinski definition) is 2. The van der Waals surface area contributed by atoms with Crippen LogP contribution < -0.4 is 4.90 Å². The van der Waals surface area contributed by atoms with Crippen molar-refractivity contribution >= 4 is 27.4 Å². The molecule has 0 radical (unpaired) electrons. The summed E-state index contributed by atoms with van der Waals surface area (Å²) in [6.45, 7) is 0.533. The van der Waals surface area contributed by atoms with Gasteiger partial charge in [0, 0.05) is 17.4 Å². The fraction of sp³-hybridized carbons (Fsp3) is 0.417. The predicted molar refractivity (Wildman–Crippen MR) is 65.6 cm³/mol. The van der Waals surface area contributed by atoms with Gasteiger partial charge in [-0.05, 0) is 24.6 Å². The summed E-state index contributed by atoms with van der Waals surface area (Å²) in [6, 6.07) is 3.82. The van der Waals surface area contributed by atoms with Crippen LogP contribution in [0.2, 0.25) is 0 Å². The Bertz CT molecular complexity index is 473. The molecule has 0 amide bonds. The second kappa shape index (κ2) is 4.91. The summed E-state index contributed by atoms with van der Waals surface area (Å²) in [6.07, 6.45) is -3.36. The van der Waals surface area contributed by atoms with Gasteiger partial charge < -0.3 is 4.90 Å². The number of halogens is 4. The maximum absolute atomic E-state index is 12.9. The molecule has 0 bridgehead atoms. The topological polar surface area (TPSA) is 20.3 Å². The predicted octanol–water partition coefficient (Wildman–Crippen LogP) is 3.64. The lowest BCUT2D eigenvalue weighted by atomic mass is 10.1. The Hall–Kier alpha value is -1.04. The molecular formula is C12H11BrF3NO. The molecule has 6 heteroatoms. The van der Waals surface area contributed by atoms with Gasteiger partial charge >= 0.3 is 6.18 Å². The van der Waals surface area contributed by atoms with Gasteiger partial charge in [0.1, 0.15) is 0 Å². The summed E-state index contributed by atoms with van der Waals surface area (Å²) >= 11 is 3.17. The van der Waals surface area contributed by atoms with Crippen molar-refractivity contribution in [3.05, 3.63) is 28.2 Å². The Morgan fingerprint density at radius 1 is 1.28 bits per heavy atom. The van der Waals surface area contributed by atoms with E-state index < -0.39 is 11.7 Å². The van der Waals surface area contributed by atoms with E-state index in [-0.39, 0.29) is 18.0 Å². The molecule has 1 saturated heterocycles. The van der Waals surface area contributed by atoms with Gasteiger partial charge in [-0.1, -0.05) is 15.9 Å². The minimum atomic E-state index is -4.41. The number of rotatable bonds is 1. The molecule has 1 fully saturated rings. The molecule has 0 saturated carbocycles. The van der Waals surface area contributed by atoms with Gasteiger partial charge in [-0.2, -0.15) is 13.2 Å². The minimum Gasteiger partial charge on any atom is -0.364 e. The Labute approximate surface area is 111 Å². The van der Waals surface area contributed by atoms with Gasteiger partial charge in [0.05, 0.1) is 17.8 Å². The van der Waals surface area contributed by atoms with Crippen molar-refractivity contribution in [2.24, 2.45) is 0 Å². The number of alkyl halides is 3. The summed E-state index contributed by atoms with van der Waals surface area (Å²) < 4.78 is 39.3. The van der Waals surface area contributed by atoms with Crippen LogP contribution in [0, 0.1) is 0 Å². The van der Waals surface area contributed by atoms with Crippen LogP contribution in [0.15, 0.2) is 22.7 Å². The molecule has 0 aromatic heterocycles. The normalized spacial score (nSPS) is 17.1. The number of carbonyl (C=O) groups is 1. The number of ketones is 1. The van der Waals surface area contributed by atoms with Gasteiger partial charge in [-0.15, -0.1) is 0 Å². The van der Waals surface area contributed by atoms with Crippen LogP contribution in [0.1, 0.15) is 18.4 Å². The first-order valence-electron chi connectivity index (χ1n) is 5.51. The summed E-state index contributed by atoms with van der Waals surface area (Å²) in [5.41, 5.74) is -0.620. The van der Waals surface area contributed by atoms with Crippen molar-refractivity contribution in [1.82, 2.24) is 0 Å². The Morgan fingerprint density at radius 3 is 2.61 bits per heavy atom. The highest BCUT2D eigenvalue weighted by Crippen LogP contribution is 2.38. The van der Waals surface area contributed by atoms with E-state index in [1.807, 2.05) is 0 Å². The molecule has 2 rings (SSSR count). The van der Waals surface area contributed by atoms with Gasteiger partial charge in [-0.3, -0.25) is 4.79 Å². The van der Waals surface area contributed by atoms with Crippen molar-refractivity contribution in [3.63, 3.8) is 0 Å². The zero-order chi connectivity index (χ0) is 13.3. The van der Waals surface area contributed by atoms with E-state index in [4.69, 9.17) is 0 Å². The van der Waals surface area contributed by atoms with Crippen LogP contribution in [0.25, 0.3) is 0 Å². The van der Waals surface area contributed by atoms with Crippen molar-refractivity contribution in [1.29, 1.82) is 0 Å². The summed E-state index contributed by atoms with van der Waals surface area (Å²) in [7, 11) is 0. The van der Waals surface area contributed by atoms with Crippen molar-refractivity contribution in [2.45, 2.75) is 19.0 Å². The number of hydrogen-bond donors (Lipinski definition) is 0. The SMILES string of the molecule is O=C1CCCN(c2cc(Br)ccc2C(F)(F)F)C1. The highest BCUT2D eigenvalue weighted by atomic mass is 79.9. The molecule has 1 aromatic rings. The standard InChI is InChI=1S/C12H11BrF3NO/c13-8-3-4-10(12(14,15)16)11(6-8)17-5-1-2-9(18)7-17/h3-4,6H,1-2,5,7H2. The van der Waals surface area contributed by atoms with Gasteiger partial charge in [0.2, 0.25) is 0 Å². The maximum Gasteiger partial charge on any atom is 0.418 e. The van der Waals surface area contributed by atoms with Crippen molar-refractivity contribution < 1.29 is 18.0 Å². The largest absolute Gasteiger partial charge is 0.418 e. The van der Waals surface area contributed by atoms with Crippen LogP contribution >= 0.6 is 15.9 Å². The van der Waals surface area contributed by atoms with Gasteiger partial charge in [0.25, 0.3) is 0 Å². The quantitative estimate of drug-likeness (QED) is 0.787. The van der Waals surface area contributed by atoms with E-state index >= 15 is 0 Å². The fourth-order valence-corrected chi connectivity index (χ4v) is 2.40. The van der Waals surface area contributed by atoms with E-state index in [0.717, 1.165) is 6.07 Å². The molecule has 98 valence electrons. The van der Waals surface area contributed by atoms with Crippen molar-refractivity contribution in [3.8, 4) is 0 Å². The molecule has 0 N–H and O–H groups in total. The molecule has 0 spiro atoms. The third-order valence-electron chi connectivity index (χ3n) is 2.86. The average Bonchev–Trinajstić information content (AvgIpc) is 2.27. The monoisotopic (exact) mass is 321 g/mol. The molecule has 1 aliphatic heterocycles. The number of benzene rings is 1. The molecule has 0 aliphatic carbocycles. The van der Waals surface area contributed by atoms with Crippen LogP contribution in [-0.2, 0) is 11.0 Å². The number of nitrogens with zero attached hydrogens (tertiary/aromatic N) is 1. The Balaban J connectivity index is 2.41. The van der Waals surface area contributed by atoms with E-state index in [1.165, 1.54) is 17.0 Å². The number of piperidine rings is 1. The Morgan fingerprint density at radius 2 is 2.00 bits per heavy atom. The first kappa shape index (κ1) is 13.4. The molecule has 2 nitrogen and oxygen atoms in total. The van der Waals surface area contributed by atoms with Crippen LogP contribution in [-0.4, -0.2) is 18.9 Å². The lowest BCUT2D eigenvalue weighted by molar-refractivity contribution is -0.137. The molecule has 18 heavy (non-hydrogen) atoms. The maximum atomic E-state index is 12.9. The third-order valence-corrected chi connectivity index (χ3v) is 3.35. The zero-order valence-corrected chi connectivity index (χ0v) is 11.0. The molecule has 0 atom stereocenters. The first-order chi connectivity index (χ1) is 8.38. The second-order valence-electron chi connectivity index (χ2n) is 4.22. The van der Waals surface area contributed by atoms with Crippen molar-refractivity contribution in [2.75, 3.05) is 18.0 Å². The highest BCUT2D eigenvalue weighted by molar-refractivity contribution is 9.10. The number of carbonyl (C=O) groups excluding carboxylic acids is 1. The average molecular weight is 322 g/mol. The minimum absolute atomic E-state index is 0.0191. The molecular weight excluding hydrogens is 311 g/mol. The molecule has 0 unspecified atom stereocenters. The lowest BCUT2D eigenvalue weighted by Gasteiger charge is -2.30. The number of Topliss-reactive ketones (excluding diaryl/α,β-unsaturated/α-hetero) is 1. The fourth-order valence-electron chi connectivity index (χ4n) is 2.05. The van der Waals surface area contributed by atoms with E-state index in [2.05, 4.69) is 15.9 Å². The van der Waals surface area contributed by atoms with Crippen LogP contribution in [0.3, 0.4) is 0 Å². The van der Waals surface area contributed by atoms with E-state index in [0.29, 0.717) is 23.9 Å². The van der Waals surface area contributed by atoms with Crippen LogP contribution in [0.4, 0.5) is 18.9 Å². The zero-order valence-electron chi connectivity index (χ0n) is 9.43. The van der Waals surface area contributed by atoms with Gasteiger partial charge in [-0.25, -0.2) is 0 Å². The van der Waals surface area contributed by atoms with Gasteiger partial charge in [0.15, 0.2) is 5.78 Å². The highest BCUT2D eigenvalue weighted by Gasteiger charge is 2.35. The number of anilines is 1. The summed E-state index contributed by atoms with van der Waals surface area (Å²) in [5.74, 6) is -0.0191. The first-order valence-corrected chi connectivity index (χ1v) is 6.30. The second-order valence-corrected chi connectivity index (χ2v) is 5.14. The van der Waals surface area contributed by atoms with E-state index in [1.54, 1.807) is 0 Å². The van der Waals surface area contributed by atoms with Crippen LogP contribution in [0.5, 0.6) is 0 Å². The smallest absolute Gasteiger partial charge is 0.364 e. The van der Waals surface area contributed by atoms with E-state index in [9.17, 15) is 18.0 Å². The Kier molecular flexibility index (Phi) is 3.66. The molecule has 1 aliphatic rings. The summed E-state index contributed by atoms with van der Waals surface area (Å²) in [5, 5.41) is 0. The summed E-state index contributed by atoms with van der Waals surface area (Å²) in [4.78, 5) is 12.9. The lowest BCUT2D eigenvalue weighted by Crippen LogP contribution is -2.36. The third kappa shape index (κ3) is 2.85. The molecule has 1 aromatic carbocycles.